The van der Waals surface area contributed by atoms with Crippen molar-refractivity contribution in [3.05, 3.63) is 24.0 Å². The normalized spacial score (nSPS) is 20.1. The second-order valence-electron chi connectivity index (χ2n) is 3.45. The smallest absolute Gasteiger partial charge is 0.271 e. The molecular formula is C10H13N3O2. The van der Waals surface area contributed by atoms with Crippen molar-refractivity contribution < 1.29 is 9.53 Å². The van der Waals surface area contributed by atoms with Gasteiger partial charge in [0.1, 0.15) is 0 Å². The van der Waals surface area contributed by atoms with Crippen LogP contribution in [0, 0.1) is 0 Å². The summed E-state index contributed by atoms with van der Waals surface area (Å²) in [5.41, 5.74) is 0.343. The summed E-state index contributed by atoms with van der Waals surface area (Å²) in [6.45, 7) is 1.35. The summed E-state index contributed by atoms with van der Waals surface area (Å²) in [5, 5.41) is 10.1. The number of carbonyl (C=O) groups excluding carboxylic acids is 1. The van der Waals surface area contributed by atoms with Gasteiger partial charge in [-0.25, -0.2) is 0 Å². The van der Waals surface area contributed by atoms with E-state index in [2.05, 4.69) is 15.5 Å². The Hall–Kier alpha value is -1.49. The maximum Gasteiger partial charge on any atom is 0.271 e. The summed E-state index contributed by atoms with van der Waals surface area (Å²) in [6.07, 6.45) is 3.79. The number of rotatable bonds is 3. The molecular weight excluding hydrogens is 194 g/mol. The molecule has 1 aromatic rings. The zero-order chi connectivity index (χ0) is 10.5. The van der Waals surface area contributed by atoms with E-state index in [1.165, 1.54) is 6.20 Å². The quantitative estimate of drug-likeness (QED) is 0.778. The molecule has 0 aliphatic carbocycles. The molecule has 2 heterocycles. The van der Waals surface area contributed by atoms with E-state index in [0.717, 1.165) is 19.4 Å². The summed E-state index contributed by atoms with van der Waals surface area (Å²) in [7, 11) is 0. The number of carbonyl (C=O) groups is 1. The van der Waals surface area contributed by atoms with E-state index in [9.17, 15) is 4.79 Å². The van der Waals surface area contributed by atoms with Crippen LogP contribution in [0.25, 0.3) is 0 Å². The van der Waals surface area contributed by atoms with Crippen LogP contribution in [-0.2, 0) is 4.74 Å². The van der Waals surface area contributed by atoms with E-state index in [0.29, 0.717) is 12.2 Å². The van der Waals surface area contributed by atoms with Crippen LogP contribution in [-0.4, -0.2) is 35.4 Å². The molecule has 1 aliphatic rings. The van der Waals surface area contributed by atoms with Gasteiger partial charge in [-0.1, -0.05) is 0 Å². The molecule has 0 aromatic carbocycles. The van der Waals surface area contributed by atoms with Gasteiger partial charge < -0.3 is 10.1 Å². The predicted molar refractivity (Wildman–Crippen MR) is 53.3 cm³/mol. The molecule has 1 atom stereocenters. The van der Waals surface area contributed by atoms with E-state index in [1.807, 2.05) is 0 Å². The van der Waals surface area contributed by atoms with E-state index < -0.39 is 0 Å². The number of hydrogen-bond acceptors (Lipinski definition) is 4. The van der Waals surface area contributed by atoms with Crippen molar-refractivity contribution in [3.8, 4) is 0 Å². The van der Waals surface area contributed by atoms with Gasteiger partial charge in [-0.15, -0.1) is 5.10 Å². The predicted octanol–water partition coefficient (Wildman–Crippen LogP) is 0.385. The van der Waals surface area contributed by atoms with Gasteiger partial charge in [0.15, 0.2) is 5.69 Å². The topological polar surface area (TPSA) is 64.1 Å². The monoisotopic (exact) mass is 207 g/mol. The minimum Gasteiger partial charge on any atom is -0.376 e. The molecule has 0 radical (unpaired) electrons. The maximum atomic E-state index is 11.5. The van der Waals surface area contributed by atoms with Crippen LogP contribution < -0.4 is 5.32 Å². The fourth-order valence-corrected chi connectivity index (χ4v) is 1.53. The lowest BCUT2D eigenvalue weighted by Crippen LogP contribution is -2.32. The standard InChI is InChI=1S/C10H13N3O2/c14-10(9-4-1-5-12-13-9)11-7-8-3-2-6-15-8/h1,4-5,8H,2-3,6-7H2,(H,11,14). The molecule has 1 aromatic heterocycles. The Morgan fingerprint density at radius 1 is 1.67 bits per heavy atom. The van der Waals surface area contributed by atoms with E-state index >= 15 is 0 Å². The maximum absolute atomic E-state index is 11.5. The number of hydrogen-bond donors (Lipinski definition) is 1. The van der Waals surface area contributed by atoms with Crippen LogP contribution in [0.3, 0.4) is 0 Å². The minimum absolute atomic E-state index is 0.158. The summed E-state index contributed by atoms with van der Waals surface area (Å²) in [4.78, 5) is 11.5. The number of nitrogens with zero attached hydrogens (tertiary/aromatic N) is 2. The van der Waals surface area contributed by atoms with Crippen LogP contribution in [0.15, 0.2) is 18.3 Å². The van der Waals surface area contributed by atoms with Gasteiger partial charge in [-0.2, -0.15) is 5.10 Å². The van der Waals surface area contributed by atoms with Gasteiger partial charge in [0.05, 0.1) is 6.10 Å². The minimum atomic E-state index is -0.196. The Kier molecular flexibility index (Phi) is 3.24. The van der Waals surface area contributed by atoms with Gasteiger partial charge in [0.2, 0.25) is 0 Å². The molecule has 15 heavy (non-hydrogen) atoms. The third-order valence-corrected chi connectivity index (χ3v) is 2.32. The van der Waals surface area contributed by atoms with Crippen LogP contribution in [0.2, 0.25) is 0 Å². The summed E-state index contributed by atoms with van der Waals surface area (Å²) in [5.74, 6) is -0.196. The van der Waals surface area contributed by atoms with Gasteiger partial charge >= 0.3 is 0 Å². The van der Waals surface area contributed by atoms with Crippen LogP contribution in [0.5, 0.6) is 0 Å². The lowest BCUT2D eigenvalue weighted by atomic mass is 10.2. The third-order valence-electron chi connectivity index (χ3n) is 2.32. The van der Waals surface area contributed by atoms with Crippen molar-refractivity contribution in [2.45, 2.75) is 18.9 Å². The Labute approximate surface area is 87.8 Å². The molecule has 0 bridgehead atoms. The van der Waals surface area contributed by atoms with Crippen LogP contribution in [0.4, 0.5) is 0 Å². The molecule has 80 valence electrons. The van der Waals surface area contributed by atoms with Crippen molar-refractivity contribution in [3.63, 3.8) is 0 Å². The van der Waals surface area contributed by atoms with Gasteiger partial charge in [-0.3, -0.25) is 4.79 Å². The Balaban J connectivity index is 1.82. The van der Waals surface area contributed by atoms with Gasteiger partial charge in [-0.05, 0) is 25.0 Å². The molecule has 1 N–H and O–H groups in total. The zero-order valence-electron chi connectivity index (χ0n) is 8.35. The van der Waals surface area contributed by atoms with Crippen LogP contribution >= 0.6 is 0 Å². The van der Waals surface area contributed by atoms with Crippen molar-refractivity contribution in [1.82, 2.24) is 15.5 Å². The highest BCUT2D eigenvalue weighted by Crippen LogP contribution is 2.10. The zero-order valence-corrected chi connectivity index (χ0v) is 8.35. The molecule has 1 amide bonds. The fraction of sp³-hybridized carbons (Fsp3) is 0.500. The highest BCUT2D eigenvalue weighted by molar-refractivity contribution is 5.91. The van der Waals surface area contributed by atoms with Crippen molar-refractivity contribution in [2.24, 2.45) is 0 Å². The molecule has 0 saturated carbocycles. The van der Waals surface area contributed by atoms with Crippen molar-refractivity contribution in [1.29, 1.82) is 0 Å². The molecule has 1 fully saturated rings. The molecule has 1 saturated heterocycles. The second kappa shape index (κ2) is 4.84. The highest BCUT2D eigenvalue weighted by Gasteiger charge is 2.16. The molecule has 1 unspecified atom stereocenters. The SMILES string of the molecule is O=C(NCC1CCCO1)c1cccnn1. The van der Waals surface area contributed by atoms with Crippen molar-refractivity contribution in [2.75, 3.05) is 13.2 Å². The molecule has 2 rings (SSSR count). The van der Waals surface area contributed by atoms with E-state index in [-0.39, 0.29) is 12.0 Å². The van der Waals surface area contributed by atoms with E-state index in [4.69, 9.17) is 4.74 Å². The summed E-state index contributed by atoms with van der Waals surface area (Å²) in [6, 6.07) is 3.33. The molecule has 5 heteroatoms. The summed E-state index contributed by atoms with van der Waals surface area (Å²) >= 11 is 0. The average molecular weight is 207 g/mol. The first-order valence-corrected chi connectivity index (χ1v) is 5.04. The number of ether oxygens (including phenoxy) is 1. The number of amides is 1. The second-order valence-corrected chi connectivity index (χ2v) is 3.45. The number of aromatic nitrogens is 2. The van der Waals surface area contributed by atoms with E-state index in [1.54, 1.807) is 12.1 Å². The average Bonchev–Trinajstić information content (AvgIpc) is 2.80. The first kappa shape index (κ1) is 10.0. The first-order chi connectivity index (χ1) is 7.36. The largest absolute Gasteiger partial charge is 0.376 e. The highest BCUT2D eigenvalue weighted by atomic mass is 16.5. The Morgan fingerprint density at radius 2 is 2.60 bits per heavy atom. The first-order valence-electron chi connectivity index (χ1n) is 5.04. The van der Waals surface area contributed by atoms with Crippen LogP contribution in [0.1, 0.15) is 23.3 Å². The summed E-state index contributed by atoms with van der Waals surface area (Å²) < 4.78 is 5.39. The number of nitrogens with one attached hydrogen (secondary N) is 1. The fourth-order valence-electron chi connectivity index (χ4n) is 1.53. The van der Waals surface area contributed by atoms with Crippen molar-refractivity contribution >= 4 is 5.91 Å². The molecule has 5 nitrogen and oxygen atoms in total. The molecule has 0 spiro atoms. The lowest BCUT2D eigenvalue weighted by molar-refractivity contribution is 0.0853. The third kappa shape index (κ3) is 2.73. The Bertz CT molecular complexity index is 323. The van der Waals surface area contributed by atoms with Gasteiger partial charge in [0.25, 0.3) is 5.91 Å². The molecule has 1 aliphatic heterocycles. The lowest BCUT2D eigenvalue weighted by Gasteiger charge is -2.09. The van der Waals surface area contributed by atoms with Gasteiger partial charge in [0, 0.05) is 19.3 Å². The Morgan fingerprint density at radius 3 is 3.27 bits per heavy atom.